The van der Waals surface area contributed by atoms with Gasteiger partial charge in [-0.2, -0.15) is 13.2 Å². The Labute approximate surface area is 54.6 Å². The molecule has 0 nitrogen and oxygen atoms in total. The predicted octanol–water partition coefficient (Wildman–Crippen LogP) is 2.56. The topological polar surface area (TPSA) is 0 Å². The molecule has 8 heavy (non-hydrogen) atoms. The second-order valence-electron chi connectivity index (χ2n) is 1.07. The first-order chi connectivity index (χ1) is 3.48. The van der Waals surface area contributed by atoms with Crippen LogP contribution in [0.5, 0.6) is 0 Å². The Kier molecular flexibility index (Phi) is 2.91. The molecular weight excluding hydrogens is 164 g/mol. The molecule has 5 heteroatoms. The summed E-state index contributed by atoms with van der Waals surface area (Å²) in [5, 5.41) is -2.04. The highest BCUT2D eigenvalue weighted by molar-refractivity contribution is 6.32. The van der Waals surface area contributed by atoms with Crippen LogP contribution in [0.25, 0.3) is 0 Å². The average Bonchev–Trinajstić information content (AvgIpc) is 1.62. The zero-order chi connectivity index (χ0) is 6.78. The van der Waals surface area contributed by atoms with Crippen molar-refractivity contribution in [3.05, 3.63) is 5.88 Å². The van der Waals surface area contributed by atoms with Gasteiger partial charge >= 0.3 is 6.18 Å². The highest BCUT2D eigenvalue weighted by Crippen LogP contribution is 2.27. The van der Waals surface area contributed by atoms with E-state index >= 15 is 0 Å². The fourth-order valence-electron chi connectivity index (χ4n) is 0.0714. The Morgan fingerprint density at radius 1 is 1.38 bits per heavy atom. The van der Waals surface area contributed by atoms with Gasteiger partial charge in [0, 0.05) is 0 Å². The second-order valence-corrected chi connectivity index (χ2v) is 1.79. The number of hydrogen-bond donors (Lipinski definition) is 0. The molecule has 0 spiro atoms. The zero-order valence-corrected chi connectivity index (χ0v) is 5.06. The van der Waals surface area contributed by atoms with Crippen molar-refractivity contribution >= 4 is 23.2 Å². The fraction of sp³-hybridized carbons (Fsp3) is 0.667. The maximum atomic E-state index is 11.2. The van der Waals surface area contributed by atoms with Crippen LogP contribution in [-0.4, -0.2) is 11.6 Å². The van der Waals surface area contributed by atoms with Crippen LogP contribution in [0.2, 0.25) is 0 Å². The van der Waals surface area contributed by atoms with Crippen LogP contribution < -0.4 is 0 Å². The van der Waals surface area contributed by atoms with Gasteiger partial charge < -0.3 is 0 Å². The quantitative estimate of drug-likeness (QED) is 0.525. The first-order valence-electron chi connectivity index (χ1n) is 1.63. The Morgan fingerprint density at radius 3 is 1.75 bits per heavy atom. The number of hydrogen-bond acceptors (Lipinski definition) is 0. The van der Waals surface area contributed by atoms with E-state index in [-0.39, 0.29) is 0 Å². The molecule has 0 aromatic heterocycles. The number of rotatable bonds is 1. The largest absolute Gasteiger partial charge is 0.406 e. The van der Waals surface area contributed by atoms with Crippen molar-refractivity contribution in [2.45, 2.75) is 11.6 Å². The van der Waals surface area contributed by atoms with Crippen LogP contribution in [0.4, 0.5) is 13.2 Å². The molecule has 0 bridgehead atoms. The van der Waals surface area contributed by atoms with E-state index in [4.69, 9.17) is 0 Å². The van der Waals surface area contributed by atoms with E-state index in [2.05, 4.69) is 23.2 Å². The minimum absolute atomic E-state index is 0.363. The molecule has 1 atom stereocenters. The Hall–Kier alpha value is 0.370. The van der Waals surface area contributed by atoms with Gasteiger partial charge in [-0.25, -0.2) is 0 Å². The van der Waals surface area contributed by atoms with Crippen LogP contribution in [0.3, 0.4) is 0 Å². The van der Waals surface area contributed by atoms with E-state index in [1.807, 2.05) is 0 Å². The standard InChI is InChI=1S/C3H2Cl2F3/c4-1-2(5)3(6,7)8/h1-2H. The molecule has 0 aliphatic heterocycles. The van der Waals surface area contributed by atoms with Crippen molar-refractivity contribution < 1.29 is 13.2 Å². The normalized spacial score (nSPS) is 16.1. The van der Waals surface area contributed by atoms with Gasteiger partial charge in [0.25, 0.3) is 0 Å². The van der Waals surface area contributed by atoms with Crippen molar-refractivity contribution in [2.24, 2.45) is 0 Å². The van der Waals surface area contributed by atoms with Crippen molar-refractivity contribution in [1.29, 1.82) is 0 Å². The smallest absolute Gasteiger partial charge is 0.169 e. The molecule has 0 aliphatic carbocycles. The highest BCUT2D eigenvalue weighted by Gasteiger charge is 2.37. The second kappa shape index (κ2) is 2.78. The van der Waals surface area contributed by atoms with E-state index in [0.717, 1.165) is 0 Å². The summed E-state index contributed by atoms with van der Waals surface area (Å²) in [6.45, 7) is 0. The lowest BCUT2D eigenvalue weighted by atomic mass is 10.5. The molecule has 0 heterocycles. The molecule has 1 unspecified atom stereocenters. The molecule has 0 saturated carbocycles. The maximum absolute atomic E-state index is 11.2. The molecule has 0 amide bonds. The minimum atomic E-state index is -4.41. The summed E-state index contributed by atoms with van der Waals surface area (Å²) in [5.74, 6) is 0.363. The minimum Gasteiger partial charge on any atom is -0.169 e. The van der Waals surface area contributed by atoms with Gasteiger partial charge in [0.2, 0.25) is 0 Å². The summed E-state index contributed by atoms with van der Waals surface area (Å²) >= 11 is 9.29. The molecule has 0 saturated heterocycles. The van der Waals surface area contributed by atoms with Gasteiger partial charge in [-0.15, -0.1) is 23.2 Å². The lowest BCUT2D eigenvalue weighted by molar-refractivity contribution is -0.123. The predicted molar refractivity (Wildman–Crippen MR) is 25.8 cm³/mol. The van der Waals surface area contributed by atoms with Crippen molar-refractivity contribution in [3.63, 3.8) is 0 Å². The van der Waals surface area contributed by atoms with Crippen molar-refractivity contribution in [3.8, 4) is 0 Å². The van der Waals surface area contributed by atoms with Crippen LogP contribution in [-0.2, 0) is 0 Å². The zero-order valence-electron chi connectivity index (χ0n) is 3.54. The number of halogens is 5. The third-order valence-electron chi connectivity index (χ3n) is 0.423. The fourth-order valence-corrected chi connectivity index (χ4v) is 0.214. The average molecular weight is 166 g/mol. The third kappa shape index (κ3) is 2.62. The SMILES string of the molecule is FC(F)(F)C(Cl)[CH]Cl. The summed E-state index contributed by atoms with van der Waals surface area (Å²) < 4.78 is 33.6. The van der Waals surface area contributed by atoms with E-state index in [1.165, 1.54) is 0 Å². The molecule has 0 rings (SSSR count). The van der Waals surface area contributed by atoms with E-state index in [9.17, 15) is 13.2 Å². The van der Waals surface area contributed by atoms with Gasteiger partial charge in [0.15, 0.2) is 0 Å². The van der Waals surface area contributed by atoms with Gasteiger partial charge in [-0.3, -0.25) is 0 Å². The Bertz CT molecular complexity index is 69.4. The molecule has 49 valence electrons. The summed E-state index contributed by atoms with van der Waals surface area (Å²) in [6.07, 6.45) is -4.41. The van der Waals surface area contributed by atoms with Crippen LogP contribution in [0.1, 0.15) is 0 Å². The first-order valence-corrected chi connectivity index (χ1v) is 2.50. The van der Waals surface area contributed by atoms with Gasteiger partial charge in [-0.05, 0) is 0 Å². The summed E-state index contributed by atoms with van der Waals surface area (Å²) in [5.41, 5.74) is 0. The van der Waals surface area contributed by atoms with Crippen LogP contribution >= 0.6 is 23.2 Å². The summed E-state index contributed by atoms with van der Waals surface area (Å²) in [6, 6.07) is 0. The van der Waals surface area contributed by atoms with Crippen molar-refractivity contribution in [2.75, 3.05) is 0 Å². The Morgan fingerprint density at radius 2 is 1.75 bits per heavy atom. The van der Waals surface area contributed by atoms with Gasteiger partial charge in [0.1, 0.15) is 5.38 Å². The third-order valence-corrected chi connectivity index (χ3v) is 1.18. The first kappa shape index (κ1) is 8.37. The lowest BCUT2D eigenvalue weighted by Crippen LogP contribution is -2.21. The monoisotopic (exact) mass is 165 g/mol. The van der Waals surface area contributed by atoms with E-state index in [1.54, 1.807) is 0 Å². The summed E-state index contributed by atoms with van der Waals surface area (Å²) in [7, 11) is 0. The van der Waals surface area contributed by atoms with Crippen molar-refractivity contribution in [1.82, 2.24) is 0 Å². The van der Waals surface area contributed by atoms with Gasteiger partial charge in [0.05, 0.1) is 5.88 Å². The highest BCUT2D eigenvalue weighted by atomic mass is 35.5. The summed E-state index contributed by atoms with van der Waals surface area (Å²) in [4.78, 5) is 0. The lowest BCUT2D eigenvalue weighted by Gasteiger charge is -2.07. The Balaban J connectivity index is 3.62. The maximum Gasteiger partial charge on any atom is 0.406 e. The molecule has 0 aliphatic rings. The molecule has 0 N–H and O–H groups in total. The molecule has 0 aromatic rings. The molecule has 1 radical (unpaired) electrons. The molecular formula is C3H2Cl2F3. The van der Waals surface area contributed by atoms with Crippen LogP contribution in [0.15, 0.2) is 0 Å². The van der Waals surface area contributed by atoms with E-state index < -0.39 is 11.6 Å². The molecule has 0 aromatic carbocycles. The molecule has 0 fully saturated rings. The number of alkyl halides is 4. The van der Waals surface area contributed by atoms with Gasteiger partial charge in [-0.1, -0.05) is 0 Å². The van der Waals surface area contributed by atoms with E-state index in [0.29, 0.717) is 5.88 Å². The van der Waals surface area contributed by atoms with Crippen LogP contribution in [0, 0.1) is 5.88 Å².